The molecule has 0 aromatic heterocycles. The van der Waals surface area contributed by atoms with Gasteiger partial charge in [-0.25, -0.2) is 0 Å². The van der Waals surface area contributed by atoms with Crippen molar-refractivity contribution in [1.29, 1.82) is 0 Å². The van der Waals surface area contributed by atoms with Crippen LogP contribution in [0.3, 0.4) is 0 Å². The van der Waals surface area contributed by atoms with Crippen LogP contribution in [0.25, 0.3) is 0 Å². The summed E-state index contributed by atoms with van der Waals surface area (Å²) in [5.41, 5.74) is 7.70. The number of rotatable bonds is 4. The van der Waals surface area contributed by atoms with Crippen LogP contribution in [0.2, 0.25) is 0 Å². The molecule has 3 rings (SSSR count). The number of nitrogens with zero attached hydrogens (tertiary/aromatic N) is 1. The number of para-hydroxylation sites is 1. The largest absolute Gasteiger partial charge is 0.496 e. The Hall–Kier alpha value is -1.06. The average Bonchev–Trinajstić information content (AvgIpc) is 3.02. The molecule has 0 radical (unpaired) electrons. The lowest BCUT2D eigenvalue weighted by molar-refractivity contribution is 0.0913. The van der Waals surface area contributed by atoms with Crippen LogP contribution in [0.15, 0.2) is 24.3 Å². The maximum absolute atomic E-state index is 6.46. The van der Waals surface area contributed by atoms with E-state index in [0.717, 1.165) is 18.6 Å². The van der Waals surface area contributed by atoms with Crippen LogP contribution in [0.1, 0.15) is 30.9 Å². The Bertz CT molecular complexity index is 410. The van der Waals surface area contributed by atoms with Crippen molar-refractivity contribution in [2.24, 2.45) is 5.73 Å². The first-order valence-electron chi connectivity index (χ1n) is 6.40. The van der Waals surface area contributed by atoms with Crippen molar-refractivity contribution in [3.05, 3.63) is 29.8 Å². The fraction of sp³-hybridized carbons (Fsp3) is 0.571. The topological polar surface area (TPSA) is 38.5 Å². The third-order valence-electron chi connectivity index (χ3n) is 4.06. The molecule has 17 heavy (non-hydrogen) atoms. The van der Waals surface area contributed by atoms with E-state index in [1.807, 2.05) is 12.1 Å². The molecule has 0 amide bonds. The summed E-state index contributed by atoms with van der Waals surface area (Å²) >= 11 is 0. The maximum atomic E-state index is 6.46. The van der Waals surface area contributed by atoms with Gasteiger partial charge in [-0.1, -0.05) is 18.2 Å². The van der Waals surface area contributed by atoms with Gasteiger partial charge in [-0.15, -0.1) is 0 Å². The SMILES string of the molecule is COc1ccccc1C(N1CCC1)C1(N)CC1. The average molecular weight is 232 g/mol. The van der Waals surface area contributed by atoms with Crippen molar-refractivity contribution in [2.75, 3.05) is 20.2 Å². The third-order valence-corrected chi connectivity index (χ3v) is 4.06. The minimum atomic E-state index is -0.0188. The molecule has 2 N–H and O–H groups in total. The van der Waals surface area contributed by atoms with Gasteiger partial charge in [-0.3, -0.25) is 4.90 Å². The van der Waals surface area contributed by atoms with Crippen LogP contribution in [0.4, 0.5) is 0 Å². The van der Waals surface area contributed by atoms with Gasteiger partial charge >= 0.3 is 0 Å². The van der Waals surface area contributed by atoms with Crippen LogP contribution in [0.5, 0.6) is 5.75 Å². The molecule has 1 aromatic carbocycles. The molecule has 1 aliphatic carbocycles. The summed E-state index contributed by atoms with van der Waals surface area (Å²) in [6.45, 7) is 2.34. The molecule has 1 heterocycles. The Morgan fingerprint density at radius 1 is 1.29 bits per heavy atom. The van der Waals surface area contributed by atoms with E-state index >= 15 is 0 Å². The zero-order chi connectivity index (χ0) is 11.9. The van der Waals surface area contributed by atoms with Crippen molar-refractivity contribution in [1.82, 2.24) is 4.90 Å². The predicted octanol–water partition coefficient (Wildman–Crippen LogP) is 1.93. The lowest BCUT2D eigenvalue weighted by atomic mass is 9.92. The lowest BCUT2D eigenvalue weighted by Crippen LogP contribution is -2.49. The quantitative estimate of drug-likeness (QED) is 0.862. The van der Waals surface area contributed by atoms with Crippen molar-refractivity contribution >= 4 is 0 Å². The second-order valence-electron chi connectivity index (χ2n) is 5.27. The van der Waals surface area contributed by atoms with Gasteiger partial charge in [-0.05, 0) is 25.3 Å². The smallest absolute Gasteiger partial charge is 0.123 e. The fourth-order valence-electron chi connectivity index (χ4n) is 2.78. The summed E-state index contributed by atoms with van der Waals surface area (Å²) in [5, 5.41) is 0. The van der Waals surface area contributed by atoms with Crippen LogP contribution >= 0.6 is 0 Å². The first-order valence-corrected chi connectivity index (χ1v) is 6.40. The van der Waals surface area contributed by atoms with Gasteiger partial charge < -0.3 is 10.5 Å². The van der Waals surface area contributed by atoms with E-state index in [1.54, 1.807) is 7.11 Å². The number of likely N-dealkylation sites (tertiary alicyclic amines) is 1. The Morgan fingerprint density at radius 3 is 2.53 bits per heavy atom. The van der Waals surface area contributed by atoms with Gasteiger partial charge in [0.15, 0.2) is 0 Å². The second-order valence-corrected chi connectivity index (χ2v) is 5.27. The van der Waals surface area contributed by atoms with Crippen LogP contribution < -0.4 is 10.5 Å². The van der Waals surface area contributed by atoms with Crippen LogP contribution in [-0.2, 0) is 0 Å². The summed E-state index contributed by atoms with van der Waals surface area (Å²) < 4.78 is 5.49. The zero-order valence-corrected chi connectivity index (χ0v) is 10.4. The zero-order valence-electron chi connectivity index (χ0n) is 10.4. The molecule has 1 saturated carbocycles. The molecule has 1 atom stereocenters. The Labute approximate surface area is 103 Å². The van der Waals surface area contributed by atoms with E-state index in [1.165, 1.54) is 25.1 Å². The molecular weight excluding hydrogens is 212 g/mol. The van der Waals surface area contributed by atoms with E-state index < -0.39 is 0 Å². The molecule has 1 aromatic rings. The normalized spacial score (nSPS) is 23.9. The second kappa shape index (κ2) is 4.00. The summed E-state index contributed by atoms with van der Waals surface area (Å²) in [6.07, 6.45) is 3.56. The van der Waals surface area contributed by atoms with Gasteiger partial charge in [0.25, 0.3) is 0 Å². The van der Waals surface area contributed by atoms with E-state index in [4.69, 9.17) is 10.5 Å². The highest BCUT2D eigenvalue weighted by atomic mass is 16.5. The van der Waals surface area contributed by atoms with Crippen molar-refractivity contribution < 1.29 is 4.74 Å². The Balaban J connectivity index is 1.97. The fourth-order valence-corrected chi connectivity index (χ4v) is 2.78. The highest BCUT2D eigenvalue weighted by molar-refractivity contribution is 5.39. The van der Waals surface area contributed by atoms with E-state index in [9.17, 15) is 0 Å². The van der Waals surface area contributed by atoms with Crippen molar-refractivity contribution in [2.45, 2.75) is 30.8 Å². The molecular formula is C14H20N2O. The molecule has 0 spiro atoms. The Morgan fingerprint density at radius 2 is 2.00 bits per heavy atom. The molecule has 1 saturated heterocycles. The standard InChI is InChI=1S/C14H20N2O/c1-17-12-6-3-2-5-11(12)13(14(15)7-8-14)16-9-4-10-16/h2-3,5-6,13H,4,7-10,15H2,1H3. The number of hydrogen-bond acceptors (Lipinski definition) is 3. The molecule has 2 fully saturated rings. The molecule has 3 nitrogen and oxygen atoms in total. The summed E-state index contributed by atoms with van der Waals surface area (Å²) in [6, 6.07) is 8.64. The number of benzene rings is 1. The first-order chi connectivity index (χ1) is 8.24. The van der Waals surface area contributed by atoms with Gasteiger partial charge in [0.1, 0.15) is 5.75 Å². The van der Waals surface area contributed by atoms with Gasteiger partial charge in [0, 0.05) is 24.2 Å². The number of nitrogens with two attached hydrogens (primary N) is 1. The molecule has 3 heteroatoms. The monoisotopic (exact) mass is 232 g/mol. The first kappa shape index (κ1) is 11.1. The van der Waals surface area contributed by atoms with Crippen LogP contribution in [-0.4, -0.2) is 30.6 Å². The summed E-state index contributed by atoms with van der Waals surface area (Å²) in [4.78, 5) is 2.49. The number of ether oxygens (including phenoxy) is 1. The third kappa shape index (κ3) is 1.83. The summed E-state index contributed by atoms with van der Waals surface area (Å²) in [5.74, 6) is 0.973. The van der Waals surface area contributed by atoms with Gasteiger partial charge in [0.2, 0.25) is 0 Å². The summed E-state index contributed by atoms with van der Waals surface area (Å²) in [7, 11) is 1.74. The van der Waals surface area contributed by atoms with Gasteiger partial charge in [0.05, 0.1) is 13.2 Å². The molecule has 0 bridgehead atoms. The van der Waals surface area contributed by atoms with Gasteiger partial charge in [-0.2, -0.15) is 0 Å². The minimum absolute atomic E-state index is 0.0188. The van der Waals surface area contributed by atoms with Crippen molar-refractivity contribution in [3.63, 3.8) is 0 Å². The molecule has 1 aliphatic heterocycles. The van der Waals surface area contributed by atoms with Crippen LogP contribution in [0, 0.1) is 0 Å². The predicted molar refractivity (Wildman–Crippen MR) is 68.1 cm³/mol. The maximum Gasteiger partial charge on any atom is 0.123 e. The van der Waals surface area contributed by atoms with E-state index in [-0.39, 0.29) is 5.54 Å². The van der Waals surface area contributed by atoms with Crippen molar-refractivity contribution in [3.8, 4) is 5.75 Å². The Kier molecular flexibility index (Phi) is 2.60. The molecule has 92 valence electrons. The minimum Gasteiger partial charge on any atom is -0.496 e. The number of methoxy groups -OCH3 is 1. The molecule has 2 aliphatic rings. The van der Waals surface area contributed by atoms with E-state index in [0.29, 0.717) is 6.04 Å². The highest BCUT2D eigenvalue weighted by Gasteiger charge is 2.50. The molecule has 1 unspecified atom stereocenters. The van der Waals surface area contributed by atoms with E-state index in [2.05, 4.69) is 17.0 Å². The lowest BCUT2D eigenvalue weighted by Gasteiger charge is -2.42. The number of hydrogen-bond donors (Lipinski definition) is 1. The highest BCUT2D eigenvalue weighted by Crippen LogP contribution is 2.49.